The van der Waals surface area contributed by atoms with Crippen LogP contribution in [-0.2, 0) is 0 Å². The minimum absolute atomic E-state index is 0.0171. The van der Waals surface area contributed by atoms with Crippen LogP contribution in [0.2, 0.25) is 0 Å². The van der Waals surface area contributed by atoms with Gasteiger partial charge in [0.25, 0.3) is 0 Å². The molecule has 2 rings (SSSR count). The molecule has 3 atom stereocenters. The van der Waals surface area contributed by atoms with E-state index in [1.807, 2.05) is 6.08 Å². The van der Waals surface area contributed by atoms with Gasteiger partial charge in [-0.1, -0.05) is 128 Å². The molecule has 0 unspecified atom stereocenters. The summed E-state index contributed by atoms with van der Waals surface area (Å²) in [4.78, 5) is 0. The van der Waals surface area contributed by atoms with E-state index >= 15 is 0 Å². The molecule has 2 aliphatic carbocycles. The van der Waals surface area contributed by atoms with Crippen LogP contribution in [0.4, 0.5) is 0 Å². The Balaban J connectivity index is 1.78. The Bertz CT molecular complexity index is 1190. The maximum atomic E-state index is 10.1. The predicted octanol–water partition coefficient (Wildman–Crippen LogP) is 10.9. The third kappa shape index (κ3) is 12.1. The molecule has 0 aliphatic heterocycles. The van der Waals surface area contributed by atoms with E-state index in [9.17, 15) is 10.2 Å². The average Bonchev–Trinajstić information content (AvgIpc) is 2.84. The number of hydrogen-bond donors (Lipinski definition) is 2. The van der Waals surface area contributed by atoms with E-state index in [1.54, 1.807) is 0 Å². The van der Waals surface area contributed by atoms with Gasteiger partial charge in [-0.25, -0.2) is 0 Å². The normalized spacial score (nSPS) is 26.2. The Labute approximate surface area is 258 Å². The molecule has 2 nitrogen and oxygen atoms in total. The van der Waals surface area contributed by atoms with Crippen LogP contribution in [0.25, 0.3) is 0 Å². The molecule has 2 heteroatoms. The van der Waals surface area contributed by atoms with Crippen molar-refractivity contribution in [3.8, 4) is 0 Å². The van der Waals surface area contributed by atoms with Gasteiger partial charge >= 0.3 is 0 Å². The third-order valence-electron chi connectivity index (χ3n) is 8.91. The van der Waals surface area contributed by atoms with E-state index in [-0.39, 0.29) is 23.0 Å². The molecular formula is C40H60O2. The molecule has 42 heavy (non-hydrogen) atoms. The Kier molecular flexibility index (Phi) is 14.0. The summed E-state index contributed by atoms with van der Waals surface area (Å²) in [6.45, 7) is 22.0. The van der Waals surface area contributed by atoms with E-state index in [0.717, 1.165) is 44.9 Å². The second kappa shape index (κ2) is 16.4. The smallest absolute Gasteiger partial charge is 0.0729 e. The topological polar surface area (TPSA) is 40.5 Å². The van der Waals surface area contributed by atoms with E-state index in [1.165, 1.54) is 39.0 Å². The summed E-state index contributed by atoms with van der Waals surface area (Å²) in [5, 5.41) is 20.2. The quantitative estimate of drug-likeness (QED) is 0.139. The second-order valence-electron chi connectivity index (χ2n) is 14.3. The van der Waals surface area contributed by atoms with Gasteiger partial charge in [0.1, 0.15) is 0 Å². The zero-order chi connectivity index (χ0) is 31.5. The molecule has 0 aromatic rings. The van der Waals surface area contributed by atoms with Gasteiger partial charge < -0.3 is 10.2 Å². The molecule has 0 aromatic heterocycles. The average molecular weight is 573 g/mol. The first-order valence-electron chi connectivity index (χ1n) is 16.1. The van der Waals surface area contributed by atoms with Crippen LogP contribution in [0.1, 0.15) is 114 Å². The van der Waals surface area contributed by atoms with Crippen LogP contribution in [0.3, 0.4) is 0 Å². The van der Waals surface area contributed by atoms with Gasteiger partial charge in [-0.05, 0) is 103 Å². The zero-order valence-electron chi connectivity index (χ0n) is 28.4. The van der Waals surface area contributed by atoms with Gasteiger partial charge in [0, 0.05) is 5.92 Å². The van der Waals surface area contributed by atoms with Crippen LogP contribution in [0.15, 0.2) is 106 Å². The minimum atomic E-state index is -0.314. The molecule has 0 saturated carbocycles. The van der Waals surface area contributed by atoms with Crippen molar-refractivity contribution in [2.75, 3.05) is 0 Å². The molecule has 2 aliphatic rings. The minimum Gasteiger partial charge on any atom is -0.393 e. The van der Waals surface area contributed by atoms with Crippen LogP contribution < -0.4 is 0 Å². The summed E-state index contributed by atoms with van der Waals surface area (Å²) in [5.41, 5.74) is 9.32. The SMILES string of the molecule is CC1=C[C@H](O)CC(C)(C)[C@H]1/C=C/C(C)=C/CC/C(C)=C/CC/C=C(C)/C=C/C=C(C)/C=C/C1=C(C)C[C@H](O)CC1(C)C. The fraction of sp³-hybridized carbons (Fsp3) is 0.550. The van der Waals surface area contributed by atoms with Crippen LogP contribution in [0.5, 0.6) is 0 Å². The first-order chi connectivity index (χ1) is 19.6. The van der Waals surface area contributed by atoms with Gasteiger partial charge in [0.15, 0.2) is 0 Å². The van der Waals surface area contributed by atoms with Crippen molar-refractivity contribution >= 4 is 0 Å². The van der Waals surface area contributed by atoms with Crippen molar-refractivity contribution in [1.29, 1.82) is 0 Å². The van der Waals surface area contributed by atoms with Gasteiger partial charge in [0.2, 0.25) is 0 Å². The van der Waals surface area contributed by atoms with E-state index in [4.69, 9.17) is 0 Å². The molecule has 0 amide bonds. The summed E-state index contributed by atoms with van der Waals surface area (Å²) >= 11 is 0. The maximum Gasteiger partial charge on any atom is 0.0729 e. The van der Waals surface area contributed by atoms with Crippen molar-refractivity contribution < 1.29 is 10.2 Å². The second-order valence-corrected chi connectivity index (χ2v) is 14.3. The number of aliphatic hydroxyl groups is 2. The number of aliphatic hydroxyl groups excluding tert-OH is 2. The van der Waals surface area contributed by atoms with Crippen LogP contribution >= 0.6 is 0 Å². The molecule has 2 N–H and O–H groups in total. The fourth-order valence-electron chi connectivity index (χ4n) is 6.62. The summed E-state index contributed by atoms with van der Waals surface area (Å²) in [6, 6.07) is 0. The van der Waals surface area contributed by atoms with Crippen LogP contribution in [0, 0.1) is 16.7 Å². The highest BCUT2D eigenvalue weighted by Gasteiger charge is 2.34. The Morgan fingerprint density at radius 3 is 2.14 bits per heavy atom. The van der Waals surface area contributed by atoms with Crippen molar-refractivity contribution in [3.05, 3.63) is 106 Å². The van der Waals surface area contributed by atoms with Gasteiger partial charge in [0.05, 0.1) is 12.2 Å². The standard InChI is InChI=1S/C40H60O2/c1-29(17-13-19-31(3)21-23-37-33(5)25-35(41)27-39(37,7)8)15-11-12-16-30(2)18-14-20-32(4)22-24-38-34(6)26-36(42)28-40(38,9)10/h13,15-17,19-24,26,35-36,38,41-42H,11-12,14,18,25,27-28H2,1-10H3/b17-13+,23-21+,24-22+,29-15+,30-16+,31-19+,32-20+/t35-,36-,38-/m0/s1. The van der Waals surface area contributed by atoms with Gasteiger partial charge in [-0.2, -0.15) is 0 Å². The number of allylic oxidation sites excluding steroid dienone is 16. The largest absolute Gasteiger partial charge is 0.393 e. The highest BCUT2D eigenvalue weighted by Crippen LogP contribution is 2.42. The number of unbranched alkanes of at least 4 members (excludes halogenated alkanes) is 1. The van der Waals surface area contributed by atoms with Crippen molar-refractivity contribution in [2.24, 2.45) is 16.7 Å². The lowest BCUT2D eigenvalue weighted by atomic mass is 9.67. The van der Waals surface area contributed by atoms with Crippen molar-refractivity contribution in [1.82, 2.24) is 0 Å². The van der Waals surface area contributed by atoms with E-state index in [0.29, 0.717) is 5.92 Å². The predicted molar refractivity (Wildman–Crippen MR) is 184 cm³/mol. The summed E-state index contributed by atoms with van der Waals surface area (Å²) < 4.78 is 0. The Morgan fingerprint density at radius 2 is 1.48 bits per heavy atom. The van der Waals surface area contributed by atoms with Crippen molar-refractivity contribution in [3.63, 3.8) is 0 Å². The van der Waals surface area contributed by atoms with Crippen molar-refractivity contribution in [2.45, 2.75) is 126 Å². The molecule has 0 spiro atoms. The fourth-order valence-corrected chi connectivity index (χ4v) is 6.62. The lowest BCUT2D eigenvalue weighted by Crippen LogP contribution is -2.32. The molecule has 0 fully saturated rings. The molecule has 0 radical (unpaired) electrons. The number of rotatable bonds is 12. The highest BCUT2D eigenvalue weighted by atomic mass is 16.3. The zero-order valence-corrected chi connectivity index (χ0v) is 28.4. The highest BCUT2D eigenvalue weighted by molar-refractivity contribution is 5.37. The first kappa shape index (κ1) is 35.8. The first-order valence-corrected chi connectivity index (χ1v) is 16.1. The molecule has 0 aromatic carbocycles. The molecule has 0 saturated heterocycles. The molecular weight excluding hydrogens is 512 g/mol. The van der Waals surface area contributed by atoms with E-state index < -0.39 is 0 Å². The lowest BCUT2D eigenvalue weighted by Gasteiger charge is -2.38. The van der Waals surface area contributed by atoms with Gasteiger partial charge in [-0.15, -0.1) is 0 Å². The maximum absolute atomic E-state index is 10.1. The number of hydrogen-bond acceptors (Lipinski definition) is 2. The van der Waals surface area contributed by atoms with Crippen LogP contribution in [-0.4, -0.2) is 22.4 Å². The third-order valence-corrected chi connectivity index (χ3v) is 8.91. The molecule has 232 valence electrons. The Morgan fingerprint density at radius 1 is 0.833 bits per heavy atom. The molecule has 0 bridgehead atoms. The lowest BCUT2D eigenvalue weighted by molar-refractivity contribution is 0.116. The summed E-state index contributed by atoms with van der Waals surface area (Å²) in [5.74, 6) is 0.381. The molecule has 0 heterocycles. The summed E-state index contributed by atoms with van der Waals surface area (Å²) in [7, 11) is 0. The Hall–Kier alpha value is -2.42. The monoisotopic (exact) mass is 572 g/mol. The summed E-state index contributed by atoms with van der Waals surface area (Å²) in [6.07, 6.45) is 30.8. The van der Waals surface area contributed by atoms with E-state index in [2.05, 4.69) is 130 Å². The van der Waals surface area contributed by atoms with Gasteiger partial charge in [-0.3, -0.25) is 0 Å².